The minimum absolute atomic E-state index is 0.0605. The molecule has 102 valence electrons. The van der Waals surface area contributed by atoms with Crippen molar-refractivity contribution in [3.8, 4) is 5.95 Å². The second-order valence-electron chi connectivity index (χ2n) is 3.86. The van der Waals surface area contributed by atoms with Gasteiger partial charge in [-0.3, -0.25) is 0 Å². The molecule has 2 heterocycles. The van der Waals surface area contributed by atoms with Gasteiger partial charge in [0.1, 0.15) is 12.7 Å². The van der Waals surface area contributed by atoms with E-state index in [2.05, 4.69) is 30.4 Å². The standard InChI is InChI=1S/C10H16N8O/c1-3-19-4-7(2)14-9-15-8(11)16-10(17-9)18-6-12-5-13-18/h5-7H,3-4H2,1-2H3,(H3,11,14,15,16,17). The average Bonchev–Trinajstić information content (AvgIpc) is 2.89. The van der Waals surface area contributed by atoms with Crippen molar-refractivity contribution >= 4 is 11.9 Å². The molecule has 2 aromatic rings. The van der Waals surface area contributed by atoms with Crippen LogP contribution in [0.15, 0.2) is 12.7 Å². The Hall–Kier alpha value is -2.29. The SMILES string of the molecule is CCOCC(C)Nc1nc(N)nc(-n2cncn2)n1. The van der Waals surface area contributed by atoms with E-state index in [1.54, 1.807) is 0 Å². The third-order valence-corrected chi connectivity index (χ3v) is 2.21. The normalized spacial score (nSPS) is 12.3. The molecule has 1 atom stereocenters. The number of hydrogen-bond donors (Lipinski definition) is 2. The first-order valence-electron chi connectivity index (χ1n) is 5.90. The Bertz CT molecular complexity index is 514. The maximum absolute atomic E-state index is 5.65. The van der Waals surface area contributed by atoms with Crippen molar-refractivity contribution in [2.24, 2.45) is 0 Å². The van der Waals surface area contributed by atoms with Crippen LogP contribution in [-0.2, 0) is 4.74 Å². The molecule has 2 aromatic heterocycles. The minimum atomic E-state index is 0.0605. The smallest absolute Gasteiger partial charge is 0.258 e. The lowest BCUT2D eigenvalue weighted by atomic mass is 10.4. The van der Waals surface area contributed by atoms with E-state index in [0.717, 1.165) is 0 Å². The maximum atomic E-state index is 5.65. The summed E-state index contributed by atoms with van der Waals surface area (Å²) in [6.07, 6.45) is 2.88. The van der Waals surface area contributed by atoms with Gasteiger partial charge in [-0.1, -0.05) is 0 Å². The van der Waals surface area contributed by atoms with Crippen LogP contribution in [0.5, 0.6) is 0 Å². The van der Waals surface area contributed by atoms with Gasteiger partial charge < -0.3 is 15.8 Å². The van der Waals surface area contributed by atoms with Crippen molar-refractivity contribution in [3.63, 3.8) is 0 Å². The average molecular weight is 264 g/mol. The summed E-state index contributed by atoms with van der Waals surface area (Å²) in [5.41, 5.74) is 5.65. The zero-order valence-corrected chi connectivity index (χ0v) is 10.8. The van der Waals surface area contributed by atoms with Gasteiger partial charge in [-0.2, -0.15) is 24.7 Å². The predicted octanol–water partition coefficient (Wildman–Crippen LogP) is -0.129. The number of nitrogens with two attached hydrogens (primary N) is 1. The van der Waals surface area contributed by atoms with Crippen molar-refractivity contribution in [1.29, 1.82) is 0 Å². The molecule has 3 N–H and O–H groups in total. The van der Waals surface area contributed by atoms with Crippen LogP contribution in [0.4, 0.5) is 11.9 Å². The quantitative estimate of drug-likeness (QED) is 0.741. The van der Waals surface area contributed by atoms with Gasteiger partial charge in [-0.15, -0.1) is 0 Å². The second kappa shape index (κ2) is 6.05. The molecule has 0 aliphatic heterocycles. The minimum Gasteiger partial charge on any atom is -0.380 e. The van der Waals surface area contributed by atoms with Gasteiger partial charge in [0.05, 0.1) is 6.61 Å². The van der Waals surface area contributed by atoms with Crippen molar-refractivity contribution in [3.05, 3.63) is 12.7 Å². The van der Waals surface area contributed by atoms with Gasteiger partial charge in [-0.25, -0.2) is 4.98 Å². The van der Waals surface area contributed by atoms with E-state index < -0.39 is 0 Å². The monoisotopic (exact) mass is 264 g/mol. The molecule has 0 aliphatic carbocycles. The second-order valence-corrected chi connectivity index (χ2v) is 3.86. The molecule has 9 nitrogen and oxygen atoms in total. The summed E-state index contributed by atoms with van der Waals surface area (Å²) in [6.45, 7) is 5.12. The number of ether oxygens (including phenoxy) is 1. The fourth-order valence-corrected chi connectivity index (χ4v) is 1.42. The zero-order valence-electron chi connectivity index (χ0n) is 10.8. The molecule has 0 amide bonds. The first kappa shape index (κ1) is 13.1. The van der Waals surface area contributed by atoms with E-state index in [1.807, 2.05) is 13.8 Å². The summed E-state index contributed by atoms with van der Waals surface area (Å²) in [7, 11) is 0. The highest BCUT2D eigenvalue weighted by atomic mass is 16.5. The molecule has 1 unspecified atom stereocenters. The van der Waals surface area contributed by atoms with E-state index in [-0.39, 0.29) is 12.0 Å². The largest absolute Gasteiger partial charge is 0.380 e. The van der Waals surface area contributed by atoms with E-state index >= 15 is 0 Å². The molecule has 0 saturated heterocycles. The van der Waals surface area contributed by atoms with Gasteiger partial charge in [0.2, 0.25) is 11.9 Å². The Morgan fingerprint density at radius 3 is 2.95 bits per heavy atom. The van der Waals surface area contributed by atoms with E-state index in [1.165, 1.54) is 17.3 Å². The first-order chi connectivity index (χ1) is 9.19. The Labute approximate surface area is 110 Å². The first-order valence-corrected chi connectivity index (χ1v) is 5.90. The number of aromatic nitrogens is 6. The Morgan fingerprint density at radius 1 is 1.42 bits per heavy atom. The van der Waals surface area contributed by atoms with Crippen LogP contribution in [0, 0.1) is 0 Å². The van der Waals surface area contributed by atoms with Crippen LogP contribution in [0.1, 0.15) is 13.8 Å². The number of nitrogens with one attached hydrogen (secondary N) is 1. The number of nitrogen functional groups attached to an aromatic ring is 1. The molecule has 19 heavy (non-hydrogen) atoms. The Kier molecular flexibility index (Phi) is 4.18. The fraction of sp³-hybridized carbons (Fsp3) is 0.500. The molecule has 0 spiro atoms. The molecule has 2 rings (SSSR count). The molecule has 0 radical (unpaired) electrons. The highest BCUT2D eigenvalue weighted by Gasteiger charge is 2.09. The third-order valence-electron chi connectivity index (χ3n) is 2.21. The van der Waals surface area contributed by atoms with Gasteiger partial charge in [0.15, 0.2) is 0 Å². The summed E-state index contributed by atoms with van der Waals surface area (Å²) in [6, 6.07) is 0.0605. The zero-order chi connectivity index (χ0) is 13.7. The maximum Gasteiger partial charge on any atom is 0.258 e. The van der Waals surface area contributed by atoms with Crippen LogP contribution in [0.2, 0.25) is 0 Å². The van der Waals surface area contributed by atoms with Crippen molar-refractivity contribution in [2.45, 2.75) is 19.9 Å². The van der Waals surface area contributed by atoms with Crippen molar-refractivity contribution < 1.29 is 4.74 Å². The van der Waals surface area contributed by atoms with Crippen molar-refractivity contribution in [1.82, 2.24) is 29.7 Å². The third kappa shape index (κ3) is 3.58. The van der Waals surface area contributed by atoms with Gasteiger partial charge in [0.25, 0.3) is 5.95 Å². The lowest BCUT2D eigenvalue weighted by molar-refractivity contribution is 0.141. The van der Waals surface area contributed by atoms with Gasteiger partial charge in [-0.05, 0) is 13.8 Å². The molecule has 0 saturated carbocycles. The number of hydrogen-bond acceptors (Lipinski definition) is 8. The summed E-state index contributed by atoms with van der Waals surface area (Å²) >= 11 is 0. The lowest BCUT2D eigenvalue weighted by Gasteiger charge is -2.13. The molecule has 0 bridgehead atoms. The summed E-state index contributed by atoms with van der Waals surface area (Å²) in [5, 5.41) is 7.03. The van der Waals surface area contributed by atoms with Crippen LogP contribution in [-0.4, -0.2) is 49.0 Å². The van der Waals surface area contributed by atoms with Crippen LogP contribution >= 0.6 is 0 Å². The summed E-state index contributed by atoms with van der Waals surface area (Å²) in [5.74, 6) is 0.813. The van der Waals surface area contributed by atoms with Gasteiger partial charge >= 0.3 is 0 Å². The Morgan fingerprint density at radius 2 is 2.26 bits per heavy atom. The van der Waals surface area contributed by atoms with E-state index in [4.69, 9.17) is 10.5 Å². The van der Waals surface area contributed by atoms with Crippen LogP contribution in [0.3, 0.4) is 0 Å². The molecular formula is C10H16N8O. The highest BCUT2D eigenvalue weighted by Crippen LogP contribution is 2.07. The molecule has 9 heteroatoms. The van der Waals surface area contributed by atoms with Gasteiger partial charge in [0, 0.05) is 12.6 Å². The molecule has 0 aliphatic rings. The number of rotatable bonds is 6. The van der Waals surface area contributed by atoms with Crippen LogP contribution in [0.25, 0.3) is 5.95 Å². The lowest BCUT2D eigenvalue weighted by Crippen LogP contribution is -2.24. The van der Waals surface area contributed by atoms with Crippen LogP contribution < -0.4 is 11.1 Å². The van der Waals surface area contributed by atoms with Crippen molar-refractivity contribution in [2.75, 3.05) is 24.3 Å². The fourth-order valence-electron chi connectivity index (χ4n) is 1.42. The molecular weight excluding hydrogens is 248 g/mol. The number of nitrogens with zero attached hydrogens (tertiary/aromatic N) is 6. The summed E-state index contributed by atoms with van der Waals surface area (Å²) in [4.78, 5) is 16.1. The predicted molar refractivity (Wildman–Crippen MR) is 68.7 cm³/mol. The van der Waals surface area contributed by atoms with E-state index in [9.17, 15) is 0 Å². The Balaban J connectivity index is 2.13. The topological polar surface area (TPSA) is 117 Å². The van der Waals surface area contributed by atoms with E-state index in [0.29, 0.717) is 25.1 Å². The highest BCUT2D eigenvalue weighted by molar-refractivity contribution is 5.35. The summed E-state index contributed by atoms with van der Waals surface area (Å²) < 4.78 is 6.72. The number of anilines is 2. The molecule has 0 aromatic carbocycles. The molecule has 0 fully saturated rings.